The fourth-order valence-electron chi connectivity index (χ4n) is 3.52. The molecule has 0 N–H and O–H groups in total. The maximum atomic E-state index is 12.8. The number of rotatable bonds is 4. The molecule has 0 spiro atoms. The third-order valence-electron chi connectivity index (χ3n) is 4.66. The maximum Gasteiger partial charge on any atom is 0.264 e. The molecule has 0 radical (unpaired) electrons. The molecular weight excluding hydrogens is 324 g/mol. The third kappa shape index (κ3) is 3.09. The van der Waals surface area contributed by atoms with Gasteiger partial charge in [0.15, 0.2) is 0 Å². The molecule has 2 aliphatic heterocycles. The summed E-state index contributed by atoms with van der Waals surface area (Å²) in [6, 6.07) is 7.82. The molecule has 0 unspecified atom stereocenters. The summed E-state index contributed by atoms with van der Waals surface area (Å²) in [6.07, 6.45) is 5.42. The van der Waals surface area contributed by atoms with Crippen molar-refractivity contribution in [1.82, 2.24) is 9.88 Å². The van der Waals surface area contributed by atoms with Gasteiger partial charge in [-0.05, 0) is 35.9 Å². The average Bonchev–Trinajstić information content (AvgIpc) is 3.29. The van der Waals surface area contributed by atoms with Crippen molar-refractivity contribution in [3.8, 4) is 0 Å². The van der Waals surface area contributed by atoms with Crippen LogP contribution in [0, 0.1) is 0 Å². The van der Waals surface area contributed by atoms with Crippen LogP contribution in [-0.4, -0.2) is 47.2 Å². The number of carbonyl (C=O) groups is 1. The van der Waals surface area contributed by atoms with Crippen molar-refractivity contribution >= 4 is 17.2 Å². The highest BCUT2D eigenvalue weighted by Gasteiger charge is 2.46. The summed E-state index contributed by atoms with van der Waals surface area (Å²) >= 11 is 1.49. The molecule has 2 aliphatic rings. The highest BCUT2D eigenvalue weighted by atomic mass is 32.1. The SMILES string of the molecule is O=C(c1cccs1)N1C[C@H](OCc2cccnc2)[C@H]2OCCC[C@H]21. The Morgan fingerprint density at radius 3 is 3.17 bits per heavy atom. The van der Waals surface area contributed by atoms with Gasteiger partial charge in [-0.2, -0.15) is 0 Å². The van der Waals surface area contributed by atoms with Gasteiger partial charge < -0.3 is 14.4 Å². The van der Waals surface area contributed by atoms with E-state index in [0.29, 0.717) is 13.2 Å². The zero-order valence-electron chi connectivity index (χ0n) is 13.3. The summed E-state index contributed by atoms with van der Waals surface area (Å²) in [5.74, 6) is 0.0953. The van der Waals surface area contributed by atoms with E-state index in [1.54, 1.807) is 6.20 Å². The summed E-state index contributed by atoms with van der Waals surface area (Å²) < 4.78 is 12.1. The van der Waals surface area contributed by atoms with Crippen molar-refractivity contribution < 1.29 is 14.3 Å². The number of thiophene rings is 1. The first kappa shape index (κ1) is 15.7. The van der Waals surface area contributed by atoms with Crippen LogP contribution in [0.2, 0.25) is 0 Å². The van der Waals surface area contributed by atoms with Crippen LogP contribution in [-0.2, 0) is 16.1 Å². The molecule has 2 aromatic heterocycles. The molecule has 24 heavy (non-hydrogen) atoms. The Balaban J connectivity index is 1.48. The van der Waals surface area contributed by atoms with Crippen molar-refractivity contribution in [3.63, 3.8) is 0 Å². The van der Waals surface area contributed by atoms with Crippen LogP contribution >= 0.6 is 11.3 Å². The summed E-state index contributed by atoms with van der Waals surface area (Å²) in [4.78, 5) is 19.6. The lowest BCUT2D eigenvalue weighted by Gasteiger charge is -2.32. The van der Waals surface area contributed by atoms with Gasteiger partial charge in [0.25, 0.3) is 5.91 Å². The van der Waals surface area contributed by atoms with Crippen molar-refractivity contribution in [3.05, 3.63) is 52.5 Å². The van der Waals surface area contributed by atoms with E-state index in [1.165, 1.54) is 11.3 Å². The molecule has 0 bridgehead atoms. The first-order chi connectivity index (χ1) is 11.8. The van der Waals surface area contributed by atoms with Crippen LogP contribution in [0.25, 0.3) is 0 Å². The predicted octanol–water partition coefficient (Wildman–Crippen LogP) is 2.73. The molecule has 4 heterocycles. The van der Waals surface area contributed by atoms with Crippen LogP contribution in [0.4, 0.5) is 0 Å². The van der Waals surface area contributed by atoms with Gasteiger partial charge >= 0.3 is 0 Å². The Morgan fingerprint density at radius 2 is 2.38 bits per heavy atom. The molecule has 0 aromatic carbocycles. The minimum atomic E-state index is -0.0839. The Bertz CT molecular complexity index is 677. The number of amides is 1. The minimum Gasteiger partial charge on any atom is -0.373 e. The zero-order chi connectivity index (χ0) is 16.4. The third-order valence-corrected chi connectivity index (χ3v) is 5.51. The molecular formula is C18H20N2O3S. The first-order valence-corrected chi connectivity index (χ1v) is 9.17. The lowest BCUT2D eigenvalue weighted by molar-refractivity contribution is -0.0809. The van der Waals surface area contributed by atoms with E-state index in [4.69, 9.17) is 9.47 Å². The molecule has 0 saturated carbocycles. The lowest BCUT2D eigenvalue weighted by atomic mass is 10.0. The van der Waals surface area contributed by atoms with Gasteiger partial charge in [0.2, 0.25) is 0 Å². The van der Waals surface area contributed by atoms with E-state index in [0.717, 1.165) is 29.9 Å². The Morgan fingerprint density at radius 1 is 1.42 bits per heavy atom. The van der Waals surface area contributed by atoms with E-state index < -0.39 is 0 Å². The van der Waals surface area contributed by atoms with E-state index >= 15 is 0 Å². The van der Waals surface area contributed by atoms with Crippen LogP contribution < -0.4 is 0 Å². The number of hydrogen-bond acceptors (Lipinski definition) is 5. The largest absolute Gasteiger partial charge is 0.373 e. The maximum absolute atomic E-state index is 12.8. The number of pyridine rings is 1. The Labute approximate surface area is 145 Å². The highest BCUT2D eigenvalue weighted by molar-refractivity contribution is 7.12. The number of likely N-dealkylation sites (tertiary alicyclic amines) is 1. The van der Waals surface area contributed by atoms with Gasteiger partial charge in [0, 0.05) is 19.0 Å². The van der Waals surface area contributed by atoms with Crippen molar-refractivity contribution in [1.29, 1.82) is 0 Å². The van der Waals surface area contributed by atoms with Crippen LogP contribution in [0.1, 0.15) is 28.1 Å². The standard InChI is InChI=1S/C18H20N2O3S/c21-18(16-6-3-9-24-16)20-11-15(17-14(20)5-2-8-22-17)23-12-13-4-1-7-19-10-13/h1,3-4,6-7,9-10,14-15,17H,2,5,8,11-12H2/t14-,15+,17+/m1/s1. The fourth-order valence-corrected chi connectivity index (χ4v) is 4.20. The van der Waals surface area contributed by atoms with E-state index in [1.807, 2.05) is 40.7 Å². The van der Waals surface area contributed by atoms with Crippen molar-refractivity contribution in [2.75, 3.05) is 13.2 Å². The smallest absolute Gasteiger partial charge is 0.264 e. The number of ether oxygens (including phenoxy) is 2. The molecule has 2 aromatic rings. The van der Waals surface area contributed by atoms with Crippen LogP contribution in [0.3, 0.4) is 0 Å². The topological polar surface area (TPSA) is 51.7 Å². The van der Waals surface area contributed by atoms with Gasteiger partial charge in [-0.15, -0.1) is 11.3 Å². The molecule has 3 atom stereocenters. The van der Waals surface area contributed by atoms with E-state index in [-0.39, 0.29) is 24.2 Å². The summed E-state index contributed by atoms with van der Waals surface area (Å²) in [6.45, 7) is 1.83. The molecule has 126 valence electrons. The molecule has 2 saturated heterocycles. The normalized spacial score (nSPS) is 26.3. The van der Waals surface area contributed by atoms with Crippen molar-refractivity contribution in [2.45, 2.75) is 37.7 Å². The van der Waals surface area contributed by atoms with Gasteiger partial charge in [-0.3, -0.25) is 9.78 Å². The number of nitrogens with zero attached hydrogens (tertiary/aromatic N) is 2. The number of carbonyl (C=O) groups excluding carboxylic acids is 1. The Kier molecular flexibility index (Phi) is 4.60. The second kappa shape index (κ2) is 7.01. The molecule has 6 heteroatoms. The molecule has 1 amide bonds. The minimum absolute atomic E-state index is 0.0284. The average molecular weight is 344 g/mol. The Hall–Kier alpha value is -1.76. The molecule has 2 fully saturated rings. The number of fused-ring (bicyclic) bond motifs is 1. The molecule has 5 nitrogen and oxygen atoms in total. The van der Waals surface area contributed by atoms with Gasteiger partial charge in [0.1, 0.15) is 12.2 Å². The van der Waals surface area contributed by atoms with Crippen molar-refractivity contribution in [2.24, 2.45) is 0 Å². The second-order valence-electron chi connectivity index (χ2n) is 6.19. The molecule has 4 rings (SSSR count). The second-order valence-corrected chi connectivity index (χ2v) is 7.14. The number of hydrogen-bond donors (Lipinski definition) is 0. The summed E-state index contributed by atoms with van der Waals surface area (Å²) in [7, 11) is 0. The monoisotopic (exact) mass is 344 g/mol. The lowest BCUT2D eigenvalue weighted by Crippen LogP contribution is -2.43. The van der Waals surface area contributed by atoms with Gasteiger partial charge in [-0.1, -0.05) is 12.1 Å². The summed E-state index contributed by atoms with van der Waals surface area (Å²) in [5, 5.41) is 1.94. The fraction of sp³-hybridized carbons (Fsp3) is 0.444. The van der Waals surface area contributed by atoms with E-state index in [9.17, 15) is 4.79 Å². The predicted molar refractivity (Wildman–Crippen MR) is 90.9 cm³/mol. The first-order valence-electron chi connectivity index (χ1n) is 8.29. The molecule has 0 aliphatic carbocycles. The summed E-state index contributed by atoms with van der Waals surface area (Å²) in [5.41, 5.74) is 1.04. The van der Waals surface area contributed by atoms with E-state index in [2.05, 4.69) is 4.98 Å². The van der Waals surface area contributed by atoms with Crippen LogP contribution in [0.5, 0.6) is 0 Å². The van der Waals surface area contributed by atoms with Gasteiger partial charge in [0.05, 0.1) is 24.1 Å². The van der Waals surface area contributed by atoms with Gasteiger partial charge in [-0.25, -0.2) is 0 Å². The zero-order valence-corrected chi connectivity index (χ0v) is 14.2. The van der Waals surface area contributed by atoms with Crippen LogP contribution in [0.15, 0.2) is 42.0 Å². The number of aromatic nitrogens is 1. The quantitative estimate of drug-likeness (QED) is 0.856. The highest BCUT2D eigenvalue weighted by Crippen LogP contribution is 2.32.